The standard InChI is InChI=1S/C27H38N8O2/c1-36-23-15-21(35-12-10-34(11-13-35)16-19-9-14-37-17-19)7-8-22(23)31-27-32-25-24(28-18-29-25)26(33-27)30-20-5-3-2-4-6-20/h7-8,15,18-20H,2-6,9-14,16-17H2,1H3,(H3,28,29,30,31,32,33). The van der Waals surface area contributed by atoms with Crippen molar-refractivity contribution in [3.63, 3.8) is 0 Å². The summed E-state index contributed by atoms with van der Waals surface area (Å²) < 4.78 is 11.3. The summed E-state index contributed by atoms with van der Waals surface area (Å²) in [6.45, 7) is 7.17. The molecule has 3 aliphatic rings. The number of piperazine rings is 1. The Morgan fingerprint density at radius 3 is 2.73 bits per heavy atom. The van der Waals surface area contributed by atoms with Gasteiger partial charge in [-0.3, -0.25) is 4.90 Å². The van der Waals surface area contributed by atoms with Gasteiger partial charge in [0.2, 0.25) is 5.95 Å². The van der Waals surface area contributed by atoms with Gasteiger partial charge >= 0.3 is 0 Å². The molecular formula is C27H38N8O2. The van der Waals surface area contributed by atoms with Crippen molar-refractivity contribution in [3.8, 4) is 5.75 Å². The molecule has 1 aliphatic carbocycles. The van der Waals surface area contributed by atoms with Crippen LogP contribution in [-0.4, -0.2) is 83.9 Å². The van der Waals surface area contributed by atoms with Crippen molar-refractivity contribution in [2.45, 2.75) is 44.6 Å². The van der Waals surface area contributed by atoms with E-state index in [0.29, 0.717) is 23.6 Å². The first-order valence-corrected chi connectivity index (χ1v) is 13.7. The summed E-state index contributed by atoms with van der Waals surface area (Å²) in [6.07, 6.45) is 9.02. The van der Waals surface area contributed by atoms with Crippen molar-refractivity contribution < 1.29 is 9.47 Å². The molecule has 2 saturated heterocycles. The predicted molar refractivity (Wildman–Crippen MR) is 146 cm³/mol. The average molecular weight is 507 g/mol. The van der Waals surface area contributed by atoms with Crippen LogP contribution in [0.4, 0.5) is 23.1 Å². The minimum Gasteiger partial charge on any atom is -0.494 e. The van der Waals surface area contributed by atoms with Crippen LogP contribution in [0.25, 0.3) is 11.2 Å². The average Bonchev–Trinajstić information content (AvgIpc) is 3.62. The van der Waals surface area contributed by atoms with Crippen molar-refractivity contribution in [1.82, 2.24) is 24.8 Å². The van der Waals surface area contributed by atoms with Crippen LogP contribution < -0.4 is 20.3 Å². The normalized spacial score (nSPS) is 21.4. The Kier molecular flexibility index (Phi) is 7.27. The molecule has 1 saturated carbocycles. The number of nitrogens with zero attached hydrogens (tertiary/aromatic N) is 5. The number of nitrogens with one attached hydrogen (secondary N) is 3. The number of ether oxygens (including phenoxy) is 2. The third-order valence-electron chi connectivity index (χ3n) is 7.93. The van der Waals surface area contributed by atoms with Gasteiger partial charge in [0.25, 0.3) is 0 Å². The zero-order valence-corrected chi connectivity index (χ0v) is 21.7. The van der Waals surface area contributed by atoms with Gasteiger partial charge in [-0.1, -0.05) is 19.3 Å². The van der Waals surface area contributed by atoms with Gasteiger partial charge in [0, 0.05) is 57.1 Å². The molecule has 0 radical (unpaired) electrons. The monoisotopic (exact) mass is 506 g/mol. The first-order chi connectivity index (χ1) is 18.2. The quantitative estimate of drug-likeness (QED) is 0.418. The van der Waals surface area contributed by atoms with Gasteiger partial charge in [-0.25, -0.2) is 4.98 Å². The molecule has 0 amide bonds. The van der Waals surface area contributed by atoms with Crippen molar-refractivity contribution in [2.75, 3.05) is 68.6 Å². The van der Waals surface area contributed by atoms with E-state index in [1.165, 1.54) is 31.4 Å². The third kappa shape index (κ3) is 5.60. The van der Waals surface area contributed by atoms with Gasteiger partial charge in [-0.2, -0.15) is 9.97 Å². The highest BCUT2D eigenvalue weighted by Gasteiger charge is 2.24. The summed E-state index contributed by atoms with van der Waals surface area (Å²) in [5.41, 5.74) is 3.51. The minimum atomic E-state index is 0.428. The Bertz CT molecular complexity index is 1180. The zero-order chi connectivity index (χ0) is 25.0. The Morgan fingerprint density at radius 1 is 1.08 bits per heavy atom. The van der Waals surface area contributed by atoms with Gasteiger partial charge in [0.15, 0.2) is 11.5 Å². The smallest absolute Gasteiger partial charge is 0.231 e. The number of hydrogen-bond acceptors (Lipinski definition) is 9. The molecule has 4 heterocycles. The van der Waals surface area contributed by atoms with E-state index in [4.69, 9.17) is 14.5 Å². The van der Waals surface area contributed by atoms with E-state index in [-0.39, 0.29) is 0 Å². The SMILES string of the molecule is COc1cc(N2CCN(CC3CCOC3)CC2)ccc1Nc1nc(NC2CCCCC2)c2nc[nH]c2n1. The number of anilines is 4. The third-order valence-corrected chi connectivity index (χ3v) is 7.93. The summed E-state index contributed by atoms with van der Waals surface area (Å²) >= 11 is 0. The summed E-state index contributed by atoms with van der Waals surface area (Å²) in [5, 5.41) is 7.01. The molecule has 0 bridgehead atoms. The maximum atomic E-state index is 5.78. The lowest BCUT2D eigenvalue weighted by atomic mass is 9.95. The van der Waals surface area contributed by atoms with E-state index in [1.54, 1.807) is 13.4 Å². The molecule has 10 nitrogen and oxygen atoms in total. The molecule has 10 heteroatoms. The number of aromatic nitrogens is 4. The van der Waals surface area contributed by atoms with E-state index in [2.05, 4.69) is 53.6 Å². The topological polar surface area (TPSA) is 103 Å². The molecule has 37 heavy (non-hydrogen) atoms. The molecule has 0 spiro atoms. The molecule has 198 valence electrons. The number of imidazole rings is 1. The van der Waals surface area contributed by atoms with Gasteiger partial charge in [-0.15, -0.1) is 0 Å². The molecule has 6 rings (SSSR count). The summed E-state index contributed by atoms with van der Waals surface area (Å²) in [6, 6.07) is 6.75. The molecule has 3 N–H and O–H groups in total. The van der Waals surface area contributed by atoms with Crippen LogP contribution in [0.5, 0.6) is 5.75 Å². The molecule has 3 fully saturated rings. The number of methoxy groups -OCH3 is 1. The number of fused-ring (bicyclic) bond motifs is 1. The maximum Gasteiger partial charge on any atom is 0.231 e. The molecule has 3 aromatic rings. The second-order valence-corrected chi connectivity index (χ2v) is 10.5. The fourth-order valence-electron chi connectivity index (χ4n) is 5.81. The fourth-order valence-corrected chi connectivity index (χ4v) is 5.81. The lowest BCUT2D eigenvalue weighted by Crippen LogP contribution is -2.47. The zero-order valence-electron chi connectivity index (χ0n) is 21.7. The van der Waals surface area contributed by atoms with E-state index in [9.17, 15) is 0 Å². The number of aromatic amines is 1. The highest BCUT2D eigenvalue weighted by Crippen LogP contribution is 2.33. The van der Waals surface area contributed by atoms with Crippen LogP contribution in [0.2, 0.25) is 0 Å². The van der Waals surface area contributed by atoms with Gasteiger partial charge in [0.1, 0.15) is 11.3 Å². The second-order valence-electron chi connectivity index (χ2n) is 10.5. The number of benzene rings is 1. The molecule has 2 aromatic heterocycles. The highest BCUT2D eigenvalue weighted by atomic mass is 16.5. The Labute approximate surface area is 218 Å². The fraction of sp³-hybridized carbons (Fsp3) is 0.593. The van der Waals surface area contributed by atoms with Gasteiger partial charge in [-0.05, 0) is 37.3 Å². The van der Waals surface area contributed by atoms with Crippen LogP contribution in [-0.2, 0) is 4.74 Å². The van der Waals surface area contributed by atoms with Crippen molar-refractivity contribution >= 4 is 34.3 Å². The lowest BCUT2D eigenvalue weighted by Gasteiger charge is -2.37. The van der Waals surface area contributed by atoms with Crippen LogP contribution in [0, 0.1) is 5.92 Å². The first kappa shape index (κ1) is 24.2. The van der Waals surface area contributed by atoms with Crippen molar-refractivity contribution in [2.24, 2.45) is 5.92 Å². The van der Waals surface area contributed by atoms with E-state index in [1.807, 2.05) is 0 Å². The molecular weight excluding hydrogens is 468 g/mol. The van der Waals surface area contributed by atoms with Gasteiger partial charge < -0.3 is 30.0 Å². The molecule has 1 atom stereocenters. The van der Waals surface area contributed by atoms with E-state index < -0.39 is 0 Å². The summed E-state index contributed by atoms with van der Waals surface area (Å²) in [4.78, 5) is 22.1. The van der Waals surface area contributed by atoms with E-state index >= 15 is 0 Å². The highest BCUT2D eigenvalue weighted by molar-refractivity contribution is 5.84. The van der Waals surface area contributed by atoms with Gasteiger partial charge in [0.05, 0.1) is 25.7 Å². The second kappa shape index (κ2) is 11.1. The number of H-pyrrole nitrogens is 1. The molecule has 1 unspecified atom stereocenters. The summed E-state index contributed by atoms with van der Waals surface area (Å²) in [5.74, 6) is 2.76. The van der Waals surface area contributed by atoms with Crippen LogP contribution in [0.3, 0.4) is 0 Å². The number of rotatable bonds is 8. The molecule has 2 aliphatic heterocycles. The maximum absolute atomic E-state index is 5.78. The minimum absolute atomic E-state index is 0.428. The lowest BCUT2D eigenvalue weighted by molar-refractivity contribution is 0.164. The summed E-state index contributed by atoms with van der Waals surface area (Å²) in [7, 11) is 1.71. The van der Waals surface area contributed by atoms with Crippen LogP contribution in [0.15, 0.2) is 24.5 Å². The number of hydrogen-bond donors (Lipinski definition) is 3. The van der Waals surface area contributed by atoms with Crippen molar-refractivity contribution in [3.05, 3.63) is 24.5 Å². The Morgan fingerprint density at radius 2 is 1.95 bits per heavy atom. The Balaban J connectivity index is 1.14. The molecule has 1 aromatic carbocycles. The predicted octanol–water partition coefficient (Wildman–Crippen LogP) is 4.01. The van der Waals surface area contributed by atoms with Crippen LogP contribution in [0.1, 0.15) is 38.5 Å². The van der Waals surface area contributed by atoms with Crippen LogP contribution >= 0.6 is 0 Å². The Hall–Kier alpha value is -3.11. The van der Waals surface area contributed by atoms with E-state index in [0.717, 1.165) is 81.6 Å². The largest absolute Gasteiger partial charge is 0.494 e. The van der Waals surface area contributed by atoms with Crippen molar-refractivity contribution in [1.29, 1.82) is 0 Å². The first-order valence-electron chi connectivity index (χ1n) is 13.7.